The van der Waals surface area contributed by atoms with Crippen molar-refractivity contribution < 1.29 is 23.8 Å². The standard InChI is InChI=1S/C15H14N4O5S/c1-22-13(21)8-2-4-9(5-3-8)18-15(25)19(17-16-18)10-6-11(20)14-23-7-12(10)24-14/h2-5,10,12,14H,6-7H2,1H3. The van der Waals surface area contributed by atoms with E-state index in [4.69, 9.17) is 21.7 Å². The fourth-order valence-corrected chi connectivity index (χ4v) is 3.27. The van der Waals surface area contributed by atoms with Gasteiger partial charge >= 0.3 is 5.97 Å². The number of hydrogen-bond acceptors (Lipinski definition) is 8. The first kappa shape index (κ1) is 16.1. The maximum absolute atomic E-state index is 12.0. The zero-order valence-electron chi connectivity index (χ0n) is 13.2. The molecule has 130 valence electrons. The Morgan fingerprint density at radius 3 is 2.80 bits per heavy atom. The van der Waals surface area contributed by atoms with Gasteiger partial charge in [0, 0.05) is 6.42 Å². The number of aromatic nitrogens is 4. The van der Waals surface area contributed by atoms with Crippen LogP contribution in [0.25, 0.3) is 5.69 Å². The number of benzene rings is 1. The van der Waals surface area contributed by atoms with Crippen molar-refractivity contribution in [2.75, 3.05) is 13.7 Å². The molecule has 3 heterocycles. The molecule has 2 aliphatic heterocycles. The van der Waals surface area contributed by atoms with E-state index >= 15 is 0 Å². The van der Waals surface area contributed by atoms with Crippen LogP contribution < -0.4 is 0 Å². The summed E-state index contributed by atoms with van der Waals surface area (Å²) in [6.07, 6.45) is -0.804. The second kappa shape index (κ2) is 6.14. The van der Waals surface area contributed by atoms with Crippen LogP contribution in [0.15, 0.2) is 24.3 Å². The lowest BCUT2D eigenvalue weighted by Crippen LogP contribution is -2.37. The van der Waals surface area contributed by atoms with Crippen LogP contribution in [0.4, 0.5) is 0 Å². The number of carbonyl (C=O) groups excluding carboxylic acids is 2. The molecule has 2 saturated heterocycles. The van der Waals surface area contributed by atoms with Crippen LogP contribution in [0.2, 0.25) is 0 Å². The molecule has 0 saturated carbocycles. The highest BCUT2D eigenvalue weighted by Gasteiger charge is 2.45. The summed E-state index contributed by atoms with van der Waals surface area (Å²) in [5, 5.41) is 8.15. The topological polar surface area (TPSA) is 97.5 Å². The summed E-state index contributed by atoms with van der Waals surface area (Å²) >= 11 is 5.45. The number of tetrazole rings is 1. The first-order chi connectivity index (χ1) is 12.1. The summed E-state index contributed by atoms with van der Waals surface area (Å²) < 4.78 is 18.8. The van der Waals surface area contributed by atoms with Gasteiger partial charge in [-0.05, 0) is 46.9 Å². The molecule has 0 radical (unpaired) electrons. The molecule has 1 aromatic heterocycles. The molecule has 4 rings (SSSR count). The molecule has 25 heavy (non-hydrogen) atoms. The van der Waals surface area contributed by atoms with Gasteiger partial charge in [0.1, 0.15) is 6.10 Å². The van der Waals surface area contributed by atoms with E-state index in [0.717, 1.165) is 0 Å². The summed E-state index contributed by atoms with van der Waals surface area (Å²) in [6, 6.07) is 6.27. The van der Waals surface area contributed by atoms with Crippen molar-refractivity contribution in [2.24, 2.45) is 0 Å². The Hall–Kier alpha value is -2.43. The highest BCUT2D eigenvalue weighted by Crippen LogP contribution is 2.32. The van der Waals surface area contributed by atoms with Gasteiger partial charge in [0.25, 0.3) is 0 Å². The lowest BCUT2D eigenvalue weighted by atomic mass is 10.0. The molecule has 0 aliphatic carbocycles. The molecule has 0 amide bonds. The predicted molar refractivity (Wildman–Crippen MR) is 84.8 cm³/mol. The van der Waals surface area contributed by atoms with Crippen molar-refractivity contribution in [1.29, 1.82) is 0 Å². The van der Waals surface area contributed by atoms with E-state index in [2.05, 4.69) is 15.2 Å². The van der Waals surface area contributed by atoms with Crippen molar-refractivity contribution in [3.63, 3.8) is 0 Å². The minimum absolute atomic E-state index is 0.127. The van der Waals surface area contributed by atoms with E-state index < -0.39 is 12.3 Å². The molecule has 2 aromatic rings. The Morgan fingerprint density at radius 1 is 1.32 bits per heavy atom. The lowest BCUT2D eigenvalue weighted by Gasteiger charge is -2.25. The van der Waals surface area contributed by atoms with Crippen LogP contribution >= 0.6 is 12.2 Å². The Labute approximate surface area is 147 Å². The molecule has 1 aromatic carbocycles. The number of esters is 1. The number of ketones is 1. The maximum Gasteiger partial charge on any atom is 0.337 e. The highest BCUT2D eigenvalue weighted by molar-refractivity contribution is 7.71. The lowest BCUT2D eigenvalue weighted by molar-refractivity contribution is -0.156. The van der Waals surface area contributed by atoms with Gasteiger partial charge in [-0.25, -0.2) is 9.48 Å². The normalized spacial score (nSPS) is 25.2. The van der Waals surface area contributed by atoms with Gasteiger partial charge in [-0.2, -0.15) is 4.68 Å². The molecule has 0 N–H and O–H groups in total. The molecule has 10 heteroatoms. The third-order valence-electron chi connectivity index (χ3n) is 4.26. The zero-order chi connectivity index (χ0) is 17.6. The maximum atomic E-state index is 12.0. The van der Waals surface area contributed by atoms with Crippen LogP contribution in [0, 0.1) is 4.77 Å². The van der Waals surface area contributed by atoms with E-state index in [0.29, 0.717) is 22.6 Å². The average Bonchev–Trinajstić information content (AvgIpc) is 3.23. The fourth-order valence-electron chi connectivity index (χ4n) is 2.95. The van der Waals surface area contributed by atoms with Crippen LogP contribution in [0.3, 0.4) is 0 Å². The second-order valence-electron chi connectivity index (χ2n) is 5.73. The van der Waals surface area contributed by atoms with Crippen molar-refractivity contribution >= 4 is 24.0 Å². The third kappa shape index (κ3) is 2.68. The van der Waals surface area contributed by atoms with Crippen molar-refractivity contribution in [3.8, 4) is 5.69 Å². The van der Waals surface area contributed by atoms with E-state index in [9.17, 15) is 9.59 Å². The zero-order valence-corrected chi connectivity index (χ0v) is 14.0. The van der Waals surface area contributed by atoms with Crippen molar-refractivity contribution in [1.82, 2.24) is 19.8 Å². The molecular weight excluding hydrogens is 348 g/mol. The highest BCUT2D eigenvalue weighted by atomic mass is 32.1. The van der Waals surface area contributed by atoms with Gasteiger partial charge in [0.05, 0.1) is 31.0 Å². The molecular formula is C15H14N4O5S. The number of methoxy groups -OCH3 is 1. The summed E-state index contributed by atoms with van der Waals surface area (Å²) in [7, 11) is 1.32. The number of Topliss-reactive ketones (excluding diaryl/α,β-unsaturated/α-hetero) is 1. The number of fused-ring (bicyclic) bond motifs is 2. The van der Waals surface area contributed by atoms with Crippen molar-refractivity contribution in [3.05, 3.63) is 34.6 Å². The number of hydrogen-bond donors (Lipinski definition) is 0. The van der Waals surface area contributed by atoms with Gasteiger partial charge in [-0.15, -0.1) is 0 Å². The smallest absolute Gasteiger partial charge is 0.337 e. The molecule has 9 nitrogen and oxygen atoms in total. The Balaban J connectivity index is 1.64. The number of carbonyl (C=O) groups is 2. The van der Waals surface area contributed by atoms with Gasteiger partial charge in [-0.3, -0.25) is 4.79 Å². The second-order valence-corrected chi connectivity index (χ2v) is 6.10. The van der Waals surface area contributed by atoms with Crippen LogP contribution in [0.5, 0.6) is 0 Å². The van der Waals surface area contributed by atoms with Gasteiger partial charge in [0.15, 0.2) is 5.78 Å². The first-order valence-corrected chi connectivity index (χ1v) is 8.02. The van der Waals surface area contributed by atoms with E-state index in [-0.39, 0.29) is 24.3 Å². The minimum atomic E-state index is -0.767. The summed E-state index contributed by atoms with van der Waals surface area (Å²) in [5.74, 6) is -0.551. The van der Waals surface area contributed by atoms with Crippen LogP contribution in [-0.2, 0) is 19.0 Å². The van der Waals surface area contributed by atoms with E-state index in [1.807, 2.05) is 0 Å². The first-order valence-electron chi connectivity index (χ1n) is 7.61. The van der Waals surface area contributed by atoms with Gasteiger partial charge in [0.2, 0.25) is 11.1 Å². The largest absolute Gasteiger partial charge is 0.465 e. The molecule has 3 atom stereocenters. The minimum Gasteiger partial charge on any atom is -0.465 e. The van der Waals surface area contributed by atoms with Gasteiger partial charge in [-0.1, -0.05) is 0 Å². The monoisotopic (exact) mass is 362 g/mol. The quantitative estimate of drug-likeness (QED) is 0.585. The molecule has 2 fully saturated rings. The predicted octanol–water partition coefficient (Wildman–Crippen LogP) is 0.840. The summed E-state index contributed by atoms with van der Waals surface area (Å²) in [4.78, 5) is 23.5. The van der Waals surface area contributed by atoms with Gasteiger partial charge < -0.3 is 14.2 Å². The van der Waals surface area contributed by atoms with E-state index in [1.165, 1.54) is 16.5 Å². The SMILES string of the molecule is COC(=O)c1ccc(-n2nnn(C3CC(=O)C4OCC3O4)c2=S)cc1. The number of nitrogens with zero attached hydrogens (tertiary/aromatic N) is 4. The Kier molecular flexibility index (Phi) is 3.94. The fraction of sp³-hybridized carbons (Fsp3) is 0.400. The van der Waals surface area contributed by atoms with E-state index in [1.54, 1.807) is 24.3 Å². The van der Waals surface area contributed by atoms with Crippen LogP contribution in [0.1, 0.15) is 22.8 Å². The van der Waals surface area contributed by atoms with Crippen molar-refractivity contribution in [2.45, 2.75) is 24.9 Å². The summed E-state index contributed by atoms with van der Waals surface area (Å²) in [5.41, 5.74) is 1.07. The third-order valence-corrected chi connectivity index (χ3v) is 4.62. The molecule has 3 unspecified atom stereocenters. The molecule has 2 bridgehead atoms. The molecule has 2 aliphatic rings. The Bertz CT molecular complexity index is 890. The summed E-state index contributed by atoms with van der Waals surface area (Å²) in [6.45, 7) is 0.323. The van der Waals surface area contributed by atoms with Crippen LogP contribution in [-0.4, -0.2) is 57.7 Å². The number of ether oxygens (including phenoxy) is 3. The Morgan fingerprint density at radius 2 is 2.08 bits per heavy atom. The average molecular weight is 362 g/mol. The molecule has 0 spiro atoms. The number of rotatable bonds is 3.